The Hall–Kier alpha value is -3.81. The number of halogens is 1. The molecule has 5 rings (SSSR count). The second-order valence-corrected chi connectivity index (χ2v) is 8.15. The number of pyridine rings is 1. The molecule has 0 radical (unpaired) electrons. The van der Waals surface area contributed by atoms with Crippen LogP contribution in [0.25, 0.3) is 16.9 Å². The zero-order chi connectivity index (χ0) is 23.1. The normalized spacial score (nSPS) is 20.2. The van der Waals surface area contributed by atoms with Crippen molar-refractivity contribution in [3.8, 4) is 23.0 Å². The molecule has 10 heteroatoms. The molecule has 0 aliphatic carbocycles. The molecule has 1 saturated heterocycles. The van der Waals surface area contributed by atoms with E-state index in [4.69, 9.17) is 0 Å². The molecule has 1 fully saturated rings. The lowest BCUT2D eigenvalue weighted by Crippen LogP contribution is -2.36. The van der Waals surface area contributed by atoms with Crippen LogP contribution in [0.1, 0.15) is 34.5 Å². The summed E-state index contributed by atoms with van der Waals surface area (Å²) in [4.78, 5) is 18.9. The van der Waals surface area contributed by atoms with Crippen molar-refractivity contribution in [3.63, 3.8) is 0 Å². The minimum absolute atomic E-state index is 0.0698. The Morgan fingerprint density at radius 1 is 1.21 bits per heavy atom. The summed E-state index contributed by atoms with van der Waals surface area (Å²) in [6.45, 7) is 1.04. The lowest BCUT2D eigenvalue weighted by Gasteiger charge is -2.22. The minimum atomic E-state index is -0.884. The van der Waals surface area contributed by atoms with Crippen molar-refractivity contribution in [3.05, 3.63) is 59.2 Å². The van der Waals surface area contributed by atoms with Crippen molar-refractivity contribution in [2.24, 2.45) is 0 Å². The Morgan fingerprint density at radius 2 is 2.06 bits per heavy atom. The maximum absolute atomic E-state index is 14.7. The van der Waals surface area contributed by atoms with Gasteiger partial charge in [-0.3, -0.25) is 4.79 Å². The molecule has 3 N–H and O–H groups in total. The number of amides is 1. The summed E-state index contributed by atoms with van der Waals surface area (Å²) in [5.41, 5.74) is 1.66. The summed E-state index contributed by atoms with van der Waals surface area (Å²) >= 11 is 0. The van der Waals surface area contributed by atoms with Crippen molar-refractivity contribution >= 4 is 11.7 Å². The van der Waals surface area contributed by atoms with Crippen LogP contribution >= 0.6 is 0 Å². The van der Waals surface area contributed by atoms with Crippen LogP contribution in [0.15, 0.2) is 36.5 Å². The maximum atomic E-state index is 14.7. The molecular weight excluding hydrogens is 427 g/mol. The SMILES string of the molecule is N#Cc1cccc(F)c1-c1cc(-n2ccc(N3CCC[C@@H](O)[C@@H](O)C3)n2)c2c(n1)CNC2=O. The lowest BCUT2D eigenvalue weighted by molar-refractivity contribution is 0.0249. The summed E-state index contributed by atoms with van der Waals surface area (Å²) in [6, 6.07) is 9.55. The van der Waals surface area contributed by atoms with E-state index in [0.29, 0.717) is 42.1 Å². The molecule has 3 aromatic rings. The fraction of sp³-hybridized carbons (Fsp3) is 0.304. The largest absolute Gasteiger partial charge is 0.390 e. The van der Waals surface area contributed by atoms with Crippen molar-refractivity contribution < 1.29 is 19.4 Å². The van der Waals surface area contributed by atoms with E-state index in [1.54, 1.807) is 18.3 Å². The monoisotopic (exact) mass is 448 g/mol. The van der Waals surface area contributed by atoms with Gasteiger partial charge in [-0.15, -0.1) is 0 Å². The molecule has 9 nitrogen and oxygen atoms in total. The number of nitrogens with one attached hydrogen (secondary N) is 1. The van der Waals surface area contributed by atoms with E-state index in [1.807, 2.05) is 11.0 Å². The Kier molecular flexibility index (Phi) is 5.28. The number of carbonyl (C=O) groups is 1. The molecule has 0 saturated carbocycles. The number of rotatable bonds is 3. The molecule has 1 amide bonds. The van der Waals surface area contributed by atoms with Crippen LogP contribution in [0.3, 0.4) is 0 Å². The third-order valence-corrected chi connectivity index (χ3v) is 6.03. The van der Waals surface area contributed by atoms with Gasteiger partial charge in [-0.25, -0.2) is 14.1 Å². The van der Waals surface area contributed by atoms with Gasteiger partial charge in [-0.05, 0) is 31.0 Å². The third kappa shape index (κ3) is 3.71. The third-order valence-electron chi connectivity index (χ3n) is 6.03. The summed E-state index contributed by atoms with van der Waals surface area (Å²) in [6.07, 6.45) is 1.23. The van der Waals surface area contributed by atoms with Crippen molar-refractivity contribution in [1.82, 2.24) is 20.1 Å². The number of hydrogen-bond acceptors (Lipinski definition) is 7. The van der Waals surface area contributed by atoms with Crippen molar-refractivity contribution in [2.75, 3.05) is 18.0 Å². The smallest absolute Gasteiger partial charge is 0.255 e. The van der Waals surface area contributed by atoms with Crippen LogP contribution < -0.4 is 10.2 Å². The summed E-state index contributed by atoms with van der Waals surface area (Å²) in [5, 5.41) is 36.9. The first kappa shape index (κ1) is 21.1. The van der Waals surface area contributed by atoms with Crippen LogP contribution in [0.4, 0.5) is 10.2 Å². The molecule has 2 aliphatic rings. The van der Waals surface area contributed by atoms with Crippen molar-refractivity contribution in [1.29, 1.82) is 5.26 Å². The Labute approximate surface area is 188 Å². The predicted molar refractivity (Wildman–Crippen MR) is 116 cm³/mol. The quantitative estimate of drug-likeness (QED) is 0.554. The Morgan fingerprint density at radius 3 is 2.88 bits per heavy atom. The number of nitrogens with zero attached hydrogens (tertiary/aromatic N) is 5. The number of fused-ring (bicyclic) bond motifs is 1. The highest BCUT2D eigenvalue weighted by atomic mass is 19.1. The van der Waals surface area contributed by atoms with E-state index in [1.165, 1.54) is 22.9 Å². The topological polar surface area (TPSA) is 127 Å². The minimum Gasteiger partial charge on any atom is -0.390 e. The van der Waals surface area contributed by atoms with Crippen LogP contribution in [0, 0.1) is 17.1 Å². The number of aliphatic hydroxyl groups excluding tert-OH is 2. The first-order chi connectivity index (χ1) is 16.0. The van der Waals surface area contributed by atoms with E-state index >= 15 is 0 Å². The summed E-state index contributed by atoms with van der Waals surface area (Å²) in [5.74, 6) is -0.307. The van der Waals surface area contributed by atoms with Gasteiger partial charge in [0.15, 0.2) is 5.82 Å². The predicted octanol–water partition coefficient (Wildman–Crippen LogP) is 1.51. The van der Waals surface area contributed by atoms with Gasteiger partial charge < -0.3 is 20.4 Å². The summed E-state index contributed by atoms with van der Waals surface area (Å²) in [7, 11) is 0. The first-order valence-electron chi connectivity index (χ1n) is 10.6. The fourth-order valence-electron chi connectivity index (χ4n) is 4.34. The highest BCUT2D eigenvalue weighted by Gasteiger charge is 2.29. The number of anilines is 1. The average molecular weight is 448 g/mol. The molecule has 0 unspecified atom stereocenters. The standard InChI is InChI=1S/C23H21FN6O3/c24-14-4-1-3-13(10-25)21(14)15-9-17(22-16(27-15)11-26-23(22)33)30-8-6-20(28-30)29-7-2-5-18(31)19(32)12-29/h1,3-4,6,8-9,18-19,31-32H,2,5,7,11-12H2,(H,26,33)/t18-,19+/m1/s1. The number of aliphatic hydroxyl groups is 2. The lowest BCUT2D eigenvalue weighted by atomic mass is 10.0. The number of β-amino-alcohol motifs (C(OH)–C–C–N with tert-alkyl or cyclic N) is 1. The second kappa shape index (κ2) is 8.27. The van der Waals surface area contributed by atoms with Gasteiger partial charge >= 0.3 is 0 Å². The van der Waals surface area contributed by atoms with Crippen LogP contribution in [-0.2, 0) is 6.54 Å². The molecule has 2 atom stereocenters. The molecule has 2 aromatic heterocycles. The molecule has 4 heterocycles. The van der Waals surface area contributed by atoms with Gasteiger partial charge in [-0.2, -0.15) is 10.4 Å². The number of benzene rings is 1. The number of nitriles is 1. The van der Waals surface area contributed by atoms with Gasteiger partial charge in [0.25, 0.3) is 5.91 Å². The molecule has 1 aromatic carbocycles. The highest BCUT2D eigenvalue weighted by molar-refractivity contribution is 6.01. The first-order valence-corrected chi connectivity index (χ1v) is 10.6. The molecule has 168 valence electrons. The van der Waals surface area contributed by atoms with Crippen molar-refractivity contribution in [2.45, 2.75) is 31.6 Å². The van der Waals surface area contributed by atoms with E-state index in [-0.39, 0.29) is 35.8 Å². The van der Waals surface area contributed by atoms with E-state index < -0.39 is 18.0 Å². The molecule has 33 heavy (non-hydrogen) atoms. The van der Waals surface area contributed by atoms with Crippen LogP contribution in [0.5, 0.6) is 0 Å². The average Bonchev–Trinajstić information content (AvgIpc) is 3.40. The number of hydrogen-bond donors (Lipinski definition) is 3. The van der Waals surface area contributed by atoms with E-state index in [9.17, 15) is 24.7 Å². The maximum Gasteiger partial charge on any atom is 0.255 e. The van der Waals surface area contributed by atoms with E-state index in [0.717, 1.165) is 0 Å². The van der Waals surface area contributed by atoms with Gasteiger partial charge in [-0.1, -0.05) is 6.07 Å². The molecular formula is C23H21FN6O3. The van der Waals surface area contributed by atoms with Crippen LogP contribution in [0.2, 0.25) is 0 Å². The number of carbonyl (C=O) groups excluding carboxylic acids is 1. The fourth-order valence-corrected chi connectivity index (χ4v) is 4.34. The zero-order valence-electron chi connectivity index (χ0n) is 17.6. The van der Waals surface area contributed by atoms with Gasteiger partial charge in [0.05, 0.1) is 58.6 Å². The van der Waals surface area contributed by atoms with Gasteiger partial charge in [0, 0.05) is 25.4 Å². The van der Waals surface area contributed by atoms with Gasteiger partial charge in [0.1, 0.15) is 5.82 Å². The van der Waals surface area contributed by atoms with E-state index in [2.05, 4.69) is 15.4 Å². The molecule has 2 aliphatic heterocycles. The Bertz CT molecular complexity index is 1280. The van der Waals surface area contributed by atoms with Gasteiger partial charge in [0.2, 0.25) is 0 Å². The highest BCUT2D eigenvalue weighted by Crippen LogP contribution is 2.31. The van der Waals surface area contributed by atoms with Crippen LogP contribution in [-0.4, -0.2) is 56.2 Å². The second-order valence-electron chi connectivity index (χ2n) is 8.15. The molecule has 0 bridgehead atoms. The zero-order valence-corrected chi connectivity index (χ0v) is 17.6. The summed E-state index contributed by atoms with van der Waals surface area (Å²) < 4.78 is 16.2. The number of aromatic nitrogens is 3. The Balaban J connectivity index is 1.60. The molecule has 0 spiro atoms.